The highest BCUT2D eigenvalue weighted by molar-refractivity contribution is 6.00. The summed E-state index contributed by atoms with van der Waals surface area (Å²) in [6, 6.07) is 5.46. The van der Waals surface area contributed by atoms with Crippen LogP contribution in [-0.4, -0.2) is 45.7 Å². The number of hydrogen-bond donors (Lipinski definition) is 2. The number of piperidine rings is 1. The summed E-state index contributed by atoms with van der Waals surface area (Å²) in [5, 5.41) is 5.78. The zero-order valence-electron chi connectivity index (χ0n) is 18.7. The Morgan fingerprint density at radius 2 is 2.03 bits per heavy atom. The van der Waals surface area contributed by atoms with Gasteiger partial charge in [0.2, 0.25) is 11.9 Å². The quantitative estimate of drug-likeness (QED) is 0.421. The molecule has 1 aliphatic rings. The summed E-state index contributed by atoms with van der Waals surface area (Å²) >= 11 is 0. The molecule has 0 bridgehead atoms. The fraction of sp³-hybridized carbons (Fsp3) is 0.348. The number of amides is 1. The molecular formula is C23H24F4N6O. The van der Waals surface area contributed by atoms with Crippen LogP contribution in [0, 0.1) is 6.92 Å². The first-order valence-electron chi connectivity index (χ1n) is 10.6. The standard InChI is InChI=1S/C23H24F4N6O/c1-4-21(34)30-17-9-18-19(7-13(17)2)32(3)22(31-18)33-11-15(24)8-16(12-33)29-20-6-5-14(10-28-20)23(25,26)27/h4-7,9-10,15-16H,1,8,11-12H2,2-3H3,(H,28,29)(H,30,34)/t15-,16-/m1/s1. The molecule has 2 atom stereocenters. The van der Waals surface area contributed by atoms with Gasteiger partial charge in [-0.3, -0.25) is 4.79 Å². The van der Waals surface area contributed by atoms with E-state index in [4.69, 9.17) is 0 Å². The molecule has 11 heteroatoms. The number of imidazole rings is 1. The van der Waals surface area contributed by atoms with Gasteiger partial charge >= 0.3 is 6.18 Å². The molecule has 2 aromatic heterocycles. The van der Waals surface area contributed by atoms with Gasteiger partial charge in [0.15, 0.2) is 0 Å². The number of halogens is 4. The second-order valence-corrected chi connectivity index (χ2v) is 8.33. The number of anilines is 3. The van der Waals surface area contributed by atoms with Crippen molar-refractivity contribution < 1.29 is 22.4 Å². The SMILES string of the molecule is C=CC(=O)Nc1cc2nc(N3C[C@H](F)C[C@@H](Nc4ccc(C(F)(F)F)cn4)C3)n(C)c2cc1C. The van der Waals surface area contributed by atoms with E-state index < -0.39 is 17.9 Å². The van der Waals surface area contributed by atoms with Gasteiger partial charge in [-0.1, -0.05) is 6.58 Å². The van der Waals surface area contributed by atoms with E-state index in [0.29, 0.717) is 23.7 Å². The minimum Gasteiger partial charge on any atom is -0.365 e. The zero-order chi connectivity index (χ0) is 24.6. The van der Waals surface area contributed by atoms with Gasteiger partial charge in [-0.25, -0.2) is 14.4 Å². The van der Waals surface area contributed by atoms with Crippen LogP contribution in [0.1, 0.15) is 17.5 Å². The molecule has 0 unspecified atom stereocenters. The average molecular weight is 476 g/mol. The average Bonchev–Trinajstić information content (AvgIpc) is 3.08. The van der Waals surface area contributed by atoms with Crippen molar-refractivity contribution in [2.45, 2.75) is 31.7 Å². The molecule has 1 aliphatic heterocycles. The van der Waals surface area contributed by atoms with Crippen LogP contribution in [0.2, 0.25) is 0 Å². The van der Waals surface area contributed by atoms with Gasteiger partial charge in [0, 0.05) is 37.9 Å². The van der Waals surface area contributed by atoms with Crippen LogP contribution >= 0.6 is 0 Å². The van der Waals surface area contributed by atoms with Gasteiger partial charge in [-0.15, -0.1) is 0 Å². The molecule has 0 aliphatic carbocycles. The Kier molecular flexibility index (Phi) is 6.20. The number of rotatable bonds is 5. The Bertz CT molecular complexity index is 1220. The minimum atomic E-state index is -4.47. The highest BCUT2D eigenvalue weighted by Crippen LogP contribution is 2.31. The maximum atomic E-state index is 14.6. The lowest BCUT2D eigenvalue weighted by Gasteiger charge is -2.35. The van der Waals surface area contributed by atoms with Crippen LogP contribution in [0.15, 0.2) is 43.1 Å². The van der Waals surface area contributed by atoms with E-state index >= 15 is 0 Å². The molecule has 1 saturated heterocycles. The van der Waals surface area contributed by atoms with E-state index in [0.717, 1.165) is 23.3 Å². The third-order valence-electron chi connectivity index (χ3n) is 5.77. The van der Waals surface area contributed by atoms with Crippen LogP contribution in [0.4, 0.5) is 35.0 Å². The number of hydrogen-bond acceptors (Lipinski definition) is 5. The predicted octanol–water partition coefficient (Wildman–Crippen LogP) is 4.45. The van der Waals surface area contributed by atoms with Crippen LogP contribution in [0.3, 0.4) is 0 Å². The summed E-state index contributed by atoms with van der Waals surface area (Å²) in [6.07, 6.45) is -3.50. The lowest BCUT2D eigenvalue weighted by Crippen LogP contribution is -2.48. The second-order valence-electron chi connectivity index (χ2n) is 8.33. The number of pyridine rings is 1. The first-order valence-corrected chi connectivity index (χ1v) is 10.6. The van der Waals surface area contributed by atoms with Crippen molar-refractivity contribution in [3.05, 3.63) is 54.2 Å². The van der Waals surface area contributed by atoms with Crippen molar-refractivity contribution in [2.75, 3.05) is 28.6 Å². The molecular weight excluding hydrogens is 452 g/mol. The predicted molar refractivity (Wildman–Crippen MR) is 123 cm³/mol. The number of fused-ring (bicyclic) bond motifs is 1. The summed E-state index contributed by atoms with van der Waals surface area (Å²) in [7, 11) is 1.83. The Morgan fingerprint density at radius 1 is 1.26 bits per heavy atom. The Labute approximate surface area is 193 Å². The van der Waals surface area contributed by atoms with Gasteiger partial charge in [-0.2, -0.15) is 13.2 Å². The molecule has 0 saturated carbocycles. The van der Waals surface area contributed by atoms with Gasteiger partial charge in [0.25, 0.3) is 0 Å². The van der Waals surface area contributed by atoms with Crippen LogP contribution in [-0.2, 0) is 18.0 Å². The summed E-state index contributed by atoms with van der Waals surface area (Å²) in [4.78, 5) is 22.0. The number of alkyl halides is 4. The number of benzene rings is 1. The molecule has 1 fully saturated rings. The summed E-state index contributed by atoms with van der Waals surface area (Å²) in [5.41, 5.74) is 2.06. The van der Waals surface area contributed by atoms with Gasteiger partial charge in [-0.05, 0) is 42.8 Å². The summed E-state index contributed by atoms with van der Waals surface area (Å²) in [5.74, 6) is 0.465. The topological polar surface area (TPSA) is 75.1 Å². The minimum absolute atomic E-state index is 0.134. The van der Waals surface area contributed by atoms with E-state index in [9.17, 15) is 22.4 Å². The number of carbonyl (C=O) groups is 1. The highest BCUT2D eigenvalue weighted by Gasteiger charge is 2.32. The van der Waals surface area contributed by atoms with Crippen molar-refractivity contribution in [2.24, 2.45) is 7.05 Å². The Hall–Kier alpha value is -3.63. The monoisotopic (exact) mass is 476 g/mol. The molecule has 2 N–H and O–H groups in total. The molecule has 180 valence electrons. The fourth-order valence-electron chi connectivity index (χ4n) is 4.09. The number of nitrogens with zero attached hydrogens (tertiary/aromatic N) is 4. The van der Waals surface area contributed by atoms with Crippen molar-refractivity contribution >= 4 is 34.4 Å². The highest BCUT2D eigenvalue weighted by atomic mass is 19.4. The van der Waals surface area contributed by atoms with E-state index in [-0.39, 0.29) is 30.7 Å². The van der Waals surface area contributed by atoms with Crippen LogP contribution < -0.4 is 15.5 Å². The fourth-order valence-corrected chi connectivity index (χ4v) is 4.09. The van der Waals surface area contributed by atoms with Crippen molar-refractivity contribution in [3.63, 3.8) is 0 Å². The molecule has 3 heterocycles. The van der Waals surface area contributed by atoms with Gasteiger partial charge < -0.3 is 20.1 Å². The van der Waals surface area contributed by atoms with Gasteiger partial charge in [0.05, 0.1) is 23.1 Å². The number of nitrogens with one attached hydrogen (secondary N) is 2. The van der Waals surface area contributed by atoms with Crippen LogP contribution in [0.5, 0.6) is 0 Å². The molecule has 0 spiro atoms. The summed E-state index contributed by atoms with van der Waals surface area (Å²) in [6.45, 7) is 5.84. The molecule has 3 aromatic rings. The lowest BCUT2D eigenvalue weighted by atomic mass is 10.0. The first-order chi connectivity index (χ1) is 16.0. The molecule has 4 rings (SSSR count). The lowest BCUT2D eigenvalue weighted by molar-refractivity contribution is -0.137. The smallest absolute Gasteiger partial charge is 0.365 e. The van der Waals surface area contributed by atoms with Crippen molar-refractivity contribution in [1.29, 1.82) is 0 Å². The first kappa shape index (κ1) is 23.5. The number of aryl methyl sites for hydroxylation is 2. The van der Waals surface area contributed by atoms with Gasteiger partial charge in [0.1, 0.15) is 12.0 Å². The largest absolute Gasteiger partial charge is 0.417 e. The molecule has 1 amide bonds. The maximum absolute atomic E-state index is 14.6. The van der Waals surface area contributed by atoms with E-state index in [1.54, 1.807) is 11.0 Å². The van der Waals surface area contributed by atoms with Crippen LogP contribution in [0.25, 0.3) is 11.0 Å². The Morgan fingerprint density at radius 3 is 2.68 bits per heavy atom. The molecule has 0 radical (unpaired) electrons. The van der Waals surface area contributed by atoms with Crippen molar-refractivity contribution in [1.82, 2.24) is 14.5 Å². The molecule has 7 nitrogen and oxygen atoms in total. The third-order valence-corrected chi connectivity index (χ3v) is 5.77. The zero-order valence-corrected chi connectivity index (χ0v) is 18.7. The maximum Gasteiger partial charge on any atom is 0.417 e. The Balaban J connectivity index is 1.56. The molecule has 34 heavy (non-hydrogen) atoms. The summed E-state index contributed by atoms with van der Waals surface area (Å²) < 4.78 is 54.8. The normalized spacial score (nSPS) is 18.7. The number of carbonyl (C=O) groups excluding carboxylic acids is 1. The molecule has 1 aromatic carbocycles. The van der Waals surface area contributed by atoms with E-state index in [1.165, 1.54) is 12.1 Å². The second kappa shape index (κ2) is 8.96. The number of aromatic nitrogens is 3. The van der Waals surface area contributed by atoms with E-state index in [2.05, 4.69) is 27.2 Å². The third kappa shape index (κ3) is 4.82. The van der Waals surface area contributed by atoms with E-state index in [1.807, 2.05) is 24.6 Å². The van der Waals surface area contributed by atoms with Crippen molar-refractivity contribution in [3.8, 4) is 0 Å².